The van der Waals surface area contributed by atoms with E-state index in [0.717, 1.165) is 0 Å². The number of carboxylic acid groups (broad SMARTS) is 2. The highest BCUT2D eigenvalue weighted by molar-refractivity contribution is 5.53. The Labute approximate surface area is 47.9 Å². The summed E-state index contributed by atoms with van der Waals surface area (Å²) in [4.78, 5) is 8.56. The Balaban J connectivity index is 0. The molecule has 0 saturated heterocycles. The van der Waals surface area contributed by atoms with Gasteiger partial charge in [0.15, 0.2) is 0 Å². The molecule has 0 spiro atoms. The van der Waals surface area contributed by atoms with Gasteiger partial charge in [-0.15, -0.1) is 0 Å². The fourth-order valence-electron chi connectivity index (χ4n) is 0. The van der Waals surface area contributed by atoms with Crippen LogP contribution in [0.4, 0.5) is 4.79 Å². The van der Waals surface area contributed by atoms with E-state index in [1.54, 1.807) is 0 Å². The largest absolute Gasteiger partial charge is 0.503 e. The second-order valence-corrected chi connectivity index (χ2v) is 1.53. The zero-order valence-corrected chi connectivity index (χ0v) is 4.96. The Hall–Kier alpha value is -0.770. The molecular formula is C4H11NO3. The van der Waals surface area contributed by atoms with Crippen LogP contribution in [0, 0.1) is 0 Å². The molecule has 0 aliphatic carbocycles. The highest BCUT2D eigenvalue weighted by atomic mass is 16.6. The molecular weight excluding hydrogens is 110 g/mol. The highest BCUT2D eigenvalue weighted by Crippen LogP contribution is 1.58. The van der Waals surface area contributed by atoms with E-state index in [9.17, 15) is 0 Å². The number of rotatable bonds is 0. The van der Waals surface area contributed by atoms with Gasteiger partial charge in [-0.2, -0.15) is 0 Å². The molecule has 0 fully saturated rings. The predicted octanol–water partition coefficient (Wildman–Crippen LogP) is 0.576. The molecule has 0 bridgehead atoms. The fourth-order valence-corrected chi connectivity index (χ4v) is 0. The number of hydrogen-bond donors (Lipinski definition) is 3. The third kappa shape index (κ3) is 158. The summed E-state index contributed by atoms with van der Waals surface area (Å²) in [6, 6.07) is 0.333. The summed E-state index contributed by atoms with van der Waals surface area (Å²) in [5.74, 6) is 0. The van der Waals surface area contributed by atoms with Crippen molar-refractivity contribution in [2.75, 3.05) is 0 Å². The Morgan fingerprint density at radius 3 is 1.50 bits per heavy atom. The lowest BCUT2D eigenvalue weighted by atomic mass is 10.5. The molecule has 0 radical (unpaired) electrons. The van der Waals surface area contributed by atoms with Crippen molar-refractivity contribution in [1.82, 2.24) is 0 Å². The second-order valence-electron chi connectivity index (χ2n) is 1.53. The number of carbonyl (C=O) groups is 1. The zero-order chi connectivity index (χ0) is 7.15. The molecule has 0 rings (SSSR count). The first-order valence-corrected chi connectivity index (χ1v) is 2.14. The molecule has 0 heterocycles. The molecule has 0 aliphatic rings. The van der Waals surface area contributed by atoms with Gasteiger partial charge in [0.1, 0.15) is 0 Å². The Kier molecular flexibility index (Phi) is 7.99. The minimum atomic E-state index is -1.83. The summed E-state index contributed by atoms with van der Waals surface area (Å²) in [5, 5.41) is 13.9. The lowest BCUT2D eigenvalue weighted by Crippen LogP contribution is -2.06. The fraction of sp³-hybridized carbons (Fsp3) is 0.750. The lowest BCUT2D eigenvalue weighted by molar-refractivity contribution is 0.137. The molecule has 0 aromatic carbocycles. The van der Waals surface area contributed by atoms with E-state index in [-0.39, 0.29) is 0 Å². The molecule has 4 nitrogen and oxygen atoms in total. The van der Waals surface area contributed by atoms with Crippen LogP contribution in [0.5, 0.6) is 0 Å². The molecule has 8 heavy (non-hydrogen) atoms. The van der Waals surface area contributed by atoms with Gasteiger partial charge < -0.3 is 15.9 Å². The van der Waals surface area contributed by atoms with E-state index in [1.807, 2.05) is 13.8 Å². The van der Waals surface area contributed by atoms with Crippen molar-refractivity contribution in [2.45, 2.75) is 19.9 Å². The van der Waals surface area contributed by atoms with E-state index >= 15 is 0 Å². The van der Waals surface area contributed by atoms with Crippen molar-refractivity contribution in [3.8, 4) is 0 Å². The van der Waals surface area contributed by atoms with Crippen LogP contribution in [0.3, 0.4) is 0 Å². The Bertz CT molecular complexity index is 55.5. The van der Waals surface area contributed by atoms with E-state index < -0.39 is 6.16 Å². The topological polar surface area (TPSA) is 83.6 Å². The molecule has 0 amide bonds. The van der Waals surface area contributed by atoms with Crippen LogP contribution >= 0.6 is 0 Å². The van der Waals surface area contributed by atoms with Crippen molar-refractivity contribution in [3.63, 3.8) is 0 Å². The summed E-state index contributed by atoms with van der Waals surface area (Å²) >= 11 is 0. The van der Waals surface area contributed by atoms with Gasteiger partial charge in [0, 0.05) is 0 Å². The van der Waals surface area contributed by atoms with E-state index in [4.69, 9.17) is 20.7 Å². The number of nitrogens with two attached hydrogens (primary N) is 1. The first-order valence-electron chi connectivity index (χ1n) is 2.14. The zero-order valence-electron chi connectivity index (χ0n) is 4.96. The first kappa shape index (κ1) is 10.3. The van der Waals surface area contributed by atoms with Crippen molar-refractivity contribution in [1.29, 1.82) is 0 Å². The van der Waals surface area contributed by atoms with Crippen LogP contribution in [0.1, 0.15) is 13.8 Å². The third-order valence-corrected chi connectivity index (χ3v) is 0. The molecule has 0 unspecified atom stereocenters. The molecule has 0 aromatic rings. The average molecular weight is 121 g/mol. The van der Waals surface area contributed by atoms with Gasteiger partial charge in [-0.25, -0.2) is 4.79 Å². The first-order chi connectivity index (χ1) is 3.46. The van der Waals surface area contributed by atoms with Gasteiger partial charge in [0.25, 0.3) is 0 Å². The molecule has 0 atom stereocenters. The summed E-state index contributed by atoms with van der Waals surface area (Å²) in [6.07, 6.45) is -1.83. The maximum Gasteiger partial charge on any atom is 0.503 e. The minimum Gasteiger partial charge on any atom is -0.450 e. The Morgan fingerprint density at radius 1 is 1.50 bits per heavy atom. The van der Waals surface area contributed by atoms with Gasteiger partial charge >= 0.3 is 6.16 Å². The Morgan fingerprint density at radius 2 is 1.50 bits per heavy atom. The average Bonchev–Trinajstić information content (AvgIpc) is 1.25. The molecule has 50 valence electrons. The smallest absolute Gasteiger partial charge is 0.450 e. The maximum atomic E-state index is 8.56. The summed E-state index contributed by atoms with van der Waals surface area (Å²) in [7, 11) is 0. The summed E-state index contributed by atoms with van der Waals surface area (Å²) in [6.45, 7) is 3.89. The van der Waals surface area contributed by atoms with Crippen molar-refractivity contribution in [2.24, 2.45) is 5.73 Å². The van der Waals surface area contributed by atoms with E-state index in [1.165, 1.54) is 0 Å². The normalized spacial score (nSPS) is 7.50. The van der Waals surface area contributed by atoms with E-state index in [2.05, 4.69) is 0 Å². The third-order valence-electron chi connectivity index (χ3n) is 0. The maximum absolute atomic E-state index is 8.56. The highest BCUT2D eigenvalue weighted by Gasteiger charge is 1.70. The van der Waals surface area contributed by atoms with Crippen LogP contribution in [0.15, 0.2) is 0 Å². The van der Waals surface area contributed by atoms with Crippen LogP contribution in [0.2, 0.25) is 0 Å². The number of hydrogen-bond acceptors (Lipinski definition) is 2. The van der Waals surface area contributed by atoms with Gasteiger partial charge in [-0.1, -0.05) is 13.8 Å². The van der Waals surface area contributed by atoms with Crippen LogP contribution in [0.25, 0.3) is 0 Å². The van der Waals surface area contributed by atoms with Gasteiger partial charge in [-0.05, 0) is 6.04 Å². The van der Waals surface area contributed by atoms with Crippen molar-refractivity contribution >= 4 is 6.16 Å². The minimum absolute atomic E-state index is 0.333. The molecule has 0 aromatic heterocycles. The van der Waals surface area contributed by atoms with Crippen LogP contribution in [-0.4, -0.2) is 22.4 Å². The SMILES string of the molecule is CC(C)N.O=C(O)O. The second kappa shape index (κ2) is 6.23. The summed E-state index contributed by atoms with van der Waals surface area (Å²) in [5.41, 5.74) is 5.11. The monoisotopic (exact) mass is 121 g/mol. The van der Waals surface area contributed by atoms with Crippen LogP contribution in [-0.2, 0) is 0 Å². The van der Waals surface area contributed by atoms with Crippen LogP contribution < -0.4 is 5.73 Å². The molecule has 4 N–H and O–H groups in total. The van der Waals surface area contributed by atoms with Gasteiger partial charge in [0.2, 0.25) is 0 Å². The molecule has 0 aliphatic heterocycles. The quantitative estimate of drug-likeness (QED) is 0.437. The van der Waals surface area contributed by atoms with E-state index in [0.29, 0.717) is 6.04 Å². The molecule has 0 saturated carbocycles. The van der Waals surface area contributed by atoms with Crippen molar-refractivity contribution < 1.29 is 15.0 Å². The standard InChI is InChI=1S/C3H9N.CH2O3/c1-3(2)4;2-1(3)4/h3H,4H2,1-2H3;(H2,2,3,4). The molecule has 4 heteroatoms. The van der Waals surface area contributed by atoms with Gasteiger partial charge in [0.05, 0.1) is 0 Å². The summed E-state index contributed by atoms with van der Waals surface area (Å²) < 4.78 is 0. The van der Waals surface area contributed by atoms with Crippen molar-refractivity contribution in [3.05, 3.63) is 0 Å². The lowest BCUT2D eigenvalue weighted by Gasteiger charge is -1.81. The van der Waals surface area contributed by atoms with Gasteiger partial charge in [-0.3, -0.25) is 0 Å². The predicted molar refractivity (Wildman–Crippen MR) is 30.0 cm³/mol.